The highest BCUT2D eigenvalue weighted by molar-refractivity contribution is 7.98. The summed E-state index contributed by atoms with van der Waals surface area (Å²) in [5, 5.41) is 7.81. The Bertz CT molecular complexity index is 619. The van der Waals surface area contributed by atoms with Crippen molar-refractivity contribution < 1.29 is 19.3 Å². The van der Waals surface area contributed by atoms with Crippen molar-refractivity contribution in [3.8, 4) is 0 Å². The Hall–Kier alpha value is -2.06. The van der Waals surface area contributed by atoms with Gasteiger partial charge < -0.3 is 15.5 Å². The summed E-state index contributed by atoms with van der Waals surface area (Å²) >= 11 is 1.55. The molecule has 130 valence electrons. The zero-order valence-electron chi connectivity index (χ0n) is 13.8. The van der Waals surface area contributed by atoms with Gasteiger partial charge in [0.15, 0.2) is 13.1 Å². The lowest BCUT2D eigenvalue weighted by molar-refractivity contribution is -0.862. The minimum atomic E-state index is -0.464. The highest BCUT2D eigenvalue weighted by atomic mass is 32.2. The Morgan fingerprint density at radius 3 is 2.50 bits per heavy atom. The van der Waals surface area contributed by atoms with E-state index >= 15 is 0 Å². The number of imide groups is 1. The predicted octanol–water partition coefficient (Wildman–Crippen LogP) is -0.150. The molecule has 0 saturated heterocycles. The number of quaternary nitrogens is 1. The Morgan fingerprint density at radius 2 is 1.83 bits per heavy atom. The molecule has 1 aliphatic rings. The summed E-state index contributed by atoms with van der Waals surface area (Å²) in [6.07, 6.45) is 3.87. The summed E-state index contributed by atoms with van der Waals surface area (Å²) in [5.74, 6) is -0.577. The van der Waals surface area contributed by atoms with Gasteiger partial charge in [-0.1, -0.05) is 12.1 Å². The summed E-state index contributed by atoms with van der Waals surface area (Å²) in [4.78, 5) is 37.0. The van der Waals surface area contributed by atoms with Crippen LogP contribution in [0.2, 0.25) is 0 Å². The normalized spacial score (nSPS) is 14.6. The van der Waals surface area contributed by atoms with Gasteiger partial charge in [0.2, 0.25) is 0 Å². The van der Waals surface area contributed by atoms with Crippen molar-refractivity contribution in [2.45, 2.75) is 23.8 Å². The van der Waals surface area contributed by atoms with Crippen molar-refractivity contribution in [2.24, 2.45) is 0 Å². The highest BCUT2D eigenvalue weighted by Crippen LogP contribution is 2.24. The van der Waals surface area contributed by atoms with Crippen LogP contribution in [0.15, 0.2) is 29.2 Å². The lowest BCUT2D eigenvalue weighted by Crippen LogP contribution is -3.11. The van der Waals surface area contributed by atoms with Crippen molar-refractivity contribution >= 4 is 35.3 Å². The Balaban J connectivity index is 1.74. The monoisotopic (exact) mass is 351 g/mol. The number of rotatable bonds is 7. The lowest BCUT2D eigenvalue weighted by atomic mass is 10.3. The summed E-state index contributed by atoms with van der Waals surface area (Å²) in [6, 6.07) is 7.28. The van der Waals surface area contributed by atoms with Gasteiger partial charge in [-0.2, -0.15) is 0 Å². The molecule has 4 N–H and O–H groups in total. The number of para-hydroxylation sites is 1. The van der Waals surface area contributed by atoms with Crippen molar-refractivity contribution in [2.75, 3.05) is 31.7 Å². The molecule has 0 aromatic heterocycles. The minimum Gasteiger partial charge on any atom is -0.335 e. The first-order chi connectivity index (χ1) is 11.5. The second-order valence-electron chi connectivity index (χ2n) is 5.86. The number of amides is 4. The van der Waals surface area contributed by atoms with E-state index < -0.39 is 11.9 Å². The number of carbonyl (C=O) groups is 3. The summed E-state index contributed by atoms with van der Waals surface area (Å²) < 4.78 is 0. The van der Waals surface area contributed by atoms with Crippen molar-refractivity contribution in [3.63, 3.8) is 0 Å². The van der Waals surface area contributed by atoms with Crippen LogP contribution < -0.4 is 20.9 Å². The SMILES string of the molecule is CSc1ccccc1NC(=O)C[NH+](C)CC(=O)NC(=O)NC1CC1. The summed E-state index contributed by atoms with van der Waals surface area (Å²) in [7, 11) is 1.73. The van der Waals surface area contributed by atoms with Gasteiger partial charge in [-0.15, -0.1) is 11.8 Å². The number of likely N-dealkylation sites (N-methyl/N-ethyl adjacent to an activating group) is 1. The number of benzene rings is 1. The Kier molecular flexibility index (Phi) is 6.62. The molecule has 8 heteroatoms. The summed E-state index contributed by atoms with van der Waals surface area (Å²) in [6.45, 7) is 0.191. The molecule has 0 bridgehead atoms. The molecule has 1 atom stereocenters. The average Bonchev–Trinajstić information content (AvgIpc) is 3.30. The smallest absolute Gasteiger partial charge is 0.321 e. The van der Waals surface area contributed by atoms with Crippen molar-refractivity contribution in [1.29, 1.82) is 0 Å². The van der Waals surface area contributed by atoms with Gasteiger partial charge in [0.05, 0.1) is 12.7 Å². The maximum atomic E-state index is 12.1. The summed E-state index contributed by atoms with van der Waals surface area (Å²) in [5.41, 5.74) is 0.760. The standard InChI is InChI=1S/C16H22N4O3S/c1-20(10-15(22)19-16(23)17-11-7-8-11)9-14(21)18-12-5-3-4-6-13(12)24-2/h3-6,11H,7-10H2,1-2H3,(H,18,21)(H2,17,19,22,23)/p+1. The zero-order chi connectivity index (χ0) is 17.5. The Morgan fingerprint density at radius 1 is 1.17 bits per heavy atom. The maximum absolute atomic E-state index is 12.1. The van der Waals surface area contributed by atoms with Crippen molar-refractivity contribution in [3.05, 3.63) is 24.3 Å². The molecule has 1 aliphatic carbocycles. The molecule has 1 saturated carbocycles. The second kappa shape index (κ2) is 8.70. The highest BCUT2D eigenvalue weighted by Gasteiger charge is 2.24. The lowest BCUT2D eigenvalue weighted by Gasteiger charge is -2.14. The fraction of sp³-hybridized carbons (Fsp3) is 0.438. The van der Waals surface area contributed by atoms with Crippen LogP contribution in [0, 0.1) is 0 Å². The van der Waals surface area contributed by atoms with E-state index in [1.165, 1.54) is 0 Å². The van der Waals surface area contributed by atoms with E-state index in [2.05, 4.69) is 16.0 Å². The van der Waals surface area contributed by atoms with E-state index in [1.54, 1.807) is 18.8 Å². The molecule has 7 nitrogen and oxygen atoms in total. The molecule has 1 unspecified atom stereocenters. The van der Waals surface area contributed by atoms with Crippen LogP contribution in [-0.4, -0.2) is 50.3 Å². The second-order valence-corrected chi connectivity index (χ2v) is 6.70. The van der Waals surface area contributed by atoms with Gasteiger partial charge in [0.25, 0.3) is 11.8 Å². The van der Waals surface area contributed by atoms with E-state index in [0.29, 0.717) is 4.90 Å². The number of urea groups is 1. The molecule has 1 aromatic carbocycles. The molecule has 2 rings (SSSR count). The first-order valence-corrected chi connectivity index (χ1v) is 9.05. The molecule has 24 heavy (non-hydrogen) atoms. The quantitative estimate of drug-likeness (QED) is 0.514. The van der Waals surface area contributed by atoms with E-state index in [9.17, 15) is 14.4 Å². The van der Waals surface area contributed by atoms with Crippen LogP contribution >= 0.6 is 11.8 Å². The number of thioether (sulfide) groups is 1. The van der Waals surface area contributed by atoms with Crippen LogP contribution in [0.1, 0.15) is 12.8 Å². The topological polar surface area (TPSA) is 91.7 Å². The van der Waals surface area contributed by atoms with E-state index in [0.717, 1.165) is 23.4 Å². The van der Waals surface area contributed by atoms with Crippen LogP contribution in [0.4, 0.5) is 10.5 Å². The number of hydrogen-bond acceptors (Lipinski definition) is 4. The first kappa shape index (κ1) is 18.3. The molecule has 1 aromatic rings. The fourth-order valence-corrected chi connectivity index (χ4v) is 2.73. The molecule has 0 heterocycles. The maximum Gasteiger partial charge on any atom is 0.321 e. The van der Waals surface area contributed by atoms with Gasteiger partial charge in [0.1, 0.15) is 0 Å². The van der Waals surface area contributed by atoms with Crippen LogP contribution in [0.5, 0.6) is 0 Å². The predicted molar refractivity (Wildman–Crippen MR) is 93.2 cm³/mol. The third kappa shape index (κ3) is 6.21. The van der Waals surface area contributed by atoms with Crippen LogP contribution in [0.3, 0.4) is 0 Å². The fourth-order valence-electron chi connectivity index (χ4n) is 2.17. The van der Waals surface area contributed by atoms with Gasteiger partial charge in [-0.25, -0.2) is 4.79 Å². The number of hydrogen-bond donors (Lipinski definition) is 4. The number of carbonyl (C=O) groups excluding carboxylic acids is 3. The zero-order valence-corrected chi connectivity index (χ0v) is 14.7. The number of anilines is 1. The van der Waals surface area contributed by atoms with Gasteiger partial charge >= 0.3 is 6.03 Å². The third-order valence-corrected chi connectivity index (χ3v) is 4.27. The van der Waals surface area contributed by atoms with E-state index in [-0.39, 0.29) is 25.0 Å². The molecule has 0 radical (unpaired) electrons. The van der Waals surface area contributed by atoms with Crippen molar-refractivity contribution in [1.82, 2.24) is 10.6 Å². The van der Waals surface area contributed by atoms with E-state index in [4.69, 9.17) is 0 Å². The molecule has 0 spiro atoms. The largest absolute Gasteiger partial charge is 0.335 e. The Labute approximate surface area is 145 Å². The first-order valence-electron chi connectivity index (χ1n) is 7.82. The molecular weight excluding hydrogens is 328 g/mol. The van der Waals surface area contributed by atoms with E-state index in [1.807, 2.05) is 30.5 Å². The van der Waals surface area contributed by atoms with Gasteiger partial charge in [0, 0.05) is 10.9 Å². The van der Waals surface area contributed by atoms with Crippen LogP contribution in [-0.2, 0) is 9.59 Å². The third-order valence-electron chi connectivity index (χ3n) is 3.47. The molecule has 4 amide bonds. The molecule has 1 fully saturated rings. The molecular formula is C16H23N4O3S+. The minimum absolute atomic E-state index is 0.0513. The van der Waals surface area contributed by atoms with Gasteiger partial charge in [-0.3, -0.25) is 14.9 Å². The number of nitrogens with one attached hydrogen (secondary N) is 4. The average molecular weight is 351 g/mol. The van der Waals surface area contributed by atoms with Gasteiger partial charge in [-0.05, 0) is 31.2 Å². The van der Waals surface area contributed by atoms with Crippen LogP contribution in [0.25, 0.3) is 0 Å². The molecule has 0 aliphatic heterocycles.